The summed E-state index contributed by atoms with van der Waals surface area (Å²) in [5.74, 6) is -0.990. The normalized spacial score (nSPS) is 11.8. The maximum Gasteiger partial charge on any atom is 0.339 e. The standard InChI is InChI=1S/C16H17N3O6/c1-9(2)14(15(20)17-13-7-10(3)25-18-13)24-16(21)11-5-4-6-12(8-11)19(22)23/h4-9,14H,1-3H3,(H,17,18,20). The number of esters is 1. The second-order valence-electron chi connectivity index (χ2n) is 5.69. The molecule has 0 fully saturated rings. The van der Waals surface area contributed by atoms with Crippen LogP contribution in [0.2, 0.25) is 0 Å². The van der Waals surface area contributed by atoms with Gasteiger partial charge >= 0.3 is 5.97 Å². The first-order chi connectivity index (χ1) is 11.8. The summed E-state index contributed by atoms with van der Waals surface area (Å²) in [4.78, 5) is 34.7. The number of carbonyl (C=O) groups is 2. The van der Waals surface area contributed by atoms with E-state index >= 15 is 0 Å². The van der Waals surface area contributed by atoms with Gasteiger partial charge in [-0.15, -0.1) is 0 Å². The fraction of sp³-hybridized carbons (Fsp3) is 0.312. The van der Waals surface area contributed by atoms with E-state index in [0.717, 1.165) is 6.07 Å². The monoisotopic (exact) mass is 347 g/mol. The number of amides is 1. The first kappa shape index (κ1) is 18.1. The summed E-state index contributed by atoms with van der Waals surface area (Å²) in [6.07, 6.45) is -1.09. The highest BCUT2D eigenvalue weighted by atomic mass is 16.6. The first-order valence-electron chi connectivity index (χ1n) is 7.47. The van der Waals surface area contributed by atoms with Crippen molar-refractivity contribution >= 4 is 23.4 Å². The van der Waals surface area contributed by atoms with Crippen molar-refractivity contribution in [1.82, 2.24) is 5.16 Å². The molecule has 0 saturated heterocycles. The van der Waals surface area contributed by atoms with E-state index in [1.165, 1.54) is 24.3 Å². The van der Waals surface area contributed by atoms with E-state index in [4.69, 9.17) is 9.26 Å². The number of aromatic nitrogens is 1. The summed E-state index contributed by atoms with van der Waals surface area (Å²) >= 11 is 0. The van der Waals surface area contributed by atoms with Crippen molar-refractivity contribution in [3.63, 3.8) is 0 Å². The molecular formula is C16H17N3O6. The number of nitrogens with one attached hydrogen (secondary N) is 1. The fourth-order valence-electron chi connectivity index (χ4n) is 2.04. The summed E-state index contributed by atoms with van der Waals surface area (Å²) in [5.41, 5.74) is -0.247. The zero-order valence-corrected chi connectivity index (χ0v) is 13.9. The molecule has 0 aliphatic carbocycles. The zero-order chi connectivity index (χ0) is 18.6. The Kier molecular flexibility index (Phi) is 5.48. The third-order valence-corrected chi connectivity index (χ3v) is 3.27. The first-order valence-corrected chi connectivity index (χ1v) is 7.47. The summed E-state index contributed by atoms with van der Waals surface area (Å²) in [6.45, 7) is 5.09. The topological polar surface area (TPSA) is 125 Å². The molecule has 1 atom stereocenters. The Labute approximate surface area is 143 Å². The highest BCUT2D eigenvalue weighted by molar-refractivity contribution is 5.97. The smallest absolute Gasteiger partial charge is 0.339 e. The van der Waals surface area contributed by atoms with Gasteiger partial charge in [0.1, 0.15) is 5.76 Å². The second kappa shape index (κ2) is 7.56. The lowest BCUT2D eigenvalue weighted by Gasteiger charge is -2.20. The summed E-state index contributed by atoms with van der Waals surface area (Å²) in [7, 11) is 0. The van der Waals surface area contributed by atoms with Crippen LogP contribution in [0.1, 0.15) is 30.0 Å². The molecule has 25 heavy (non-hydrogen) atoms. The van der Waals surface area contributed by atoms with Gasteiger partial charge in [0.15, 0.2) is 11.9 Å². The Morgan fingerprint density at radius 2 is 2.04 bits per heavy atom. The van der Waals surface area contributed by atoms with Crippen LogP contribution in [0.4, 0.5) is 11.5 Å². The van der Waals surface area contributed by atoms with E-state index < -0.39 is 22.9 Å². The van der Waals surface area contributed by atoms with Crippen LogP contribution in [0.25, 0.3) is 0 Å². The van der Waals surface area contributed by atoms with Gasteiger partial charge in [-0.25, -0.2) is 4.79 Å². The van der Waals surface area contributed by atoms with E-state index in [1.807, 2.05) is 0 Å². The summed E-state index contributed by atoms with van der Waals surface area (Å²) in [5, 5.41) is 16.9. The molecule has 1 aromatic heterocycles. The van der Waals surface area contributed by atoms with Crippen LogP contribution >= 0.6 is 0 Å². The van der Waals surface area contributed by atoms with Crippen LogP contribution in [0, 0.1) is 23.0 Å². The molecule has 1 unspecified atom stereocenters. The van der Waals surface area contributed by atoms with Gasteiger partial charge in [0.2, 0.25) is 0 Å². The minimum absolute atomic E-state index is 0.00932. The van der Waals surface area contributed by atoms with Gasteiger partial charge < -0.3 is 14.6 Å². The molecule has 2 aromatic rings. The van der Waals surface area contributed by atoms with Crippen LogP contribution in [0.15, 0.2) is 34.9 Å². The van der Waals surface area contributed by atoms with Crippen LogP contribution in [-0.4, -0.2) is 28.1 Å². The predicted octanol–water partition coefficient (Wildman–Crippen LogP) is 2.71. The van der Waals surface area contributed by atoms with Gasteiger partial charge in [0.25, 0.3) is 11.6 Å². The third-order valence-electron chi connectivity index (χ3n) is 3.27. The Balaban J connectivity index is 2.12. The van der Waals surface area contributed by atoms with Crippen molar-refractivity contribution in [3.05, 3.63) is 51.8 Å². The average Bonchev–Trinajstić information content (AvgIpc) is 2.96. The lowest BCUT2D eigenvalue weighted by atomic mass is 10.1. The molecule has 2 rings (SSSR count). The number of aryl methyl sites for hydroxylation is 1. The summed E-state index contributed by atoms with van der Waals surface area (Å²) in [6, 6.07) is 6.63. The van der Waals surface area contributed by atoms with Crippen molar-refractivity contribution in [3.8, 4) is 0 Å². The van der Waals surface area contributed by atoms with Gasteiger partial charge in [0, 0.05) is 18.2 Å². The molecule has 0 aliphatic heterocycles. The van der Waals surface area contributed by atoms with Crippen LogP contribution < -0.4 is 5.32 Å². The molecule has 1 N–H and O–H groups in total. The Morgan fingerprint density at radius 3 is 2.60 bits per heavy atom. The van der Waals surface area contributed by atoms with Crippen molar-refractivity contribution in [2.75, 3.05) is 5.32 Å². The van der Waals surface area contributed by atoms with Crippen molar-refractivity contribution in [1.29, 1.82) is 0 Å². The number of rotatable bonds is 6. The predicted molar refractivity (Wildman–Crippen MR) is 87.0 cm³/mol. The molecule has 0 bridgehead atoms. The number of benzene rings is 1. The summed E-state index contributed by atoms with van der Waals surface area (Å²) < 4.78 is 10.1. The van der Waals surface area contributed by atoms with Gasteiger partial charge in [-0.3, -0.25) is 14.9 Å². The SMILES string of the molecule is Cc1cc(NC(=O)C(OC(=O)c2cccc([N+](=O)[O-])c2)C(C)C)no1. The van der Waals surface area contributed by atoms with Crippen molar-refractivity contribution < 1.29 is 23.8 Å². The van der Waals surface area contributed by atoms with E-state index in [2.05, 4.69) is 10.5 Å². The molecule has 9 nitrogen and oxygen atoms in total. The van der Waals surface area contributed by atoms with Gasteiger partial charge in [-0.2, -0.15) is 0 Å². The van der Waals surface area contributed by atoms with E-state index in [9.17, 15) is 19.7 Å². The molecule has 1 amide bonds. The molecule has 0 spiro atoms. The highest BCUT2D eigenvalue weighted by Crippen LogP contribution is 2.17. The molecule has 132 valence electrons. The quantitative estimate of drug-likeness (QED) is 0.484. The number of non-ortho nitro benzene ring substituents is 1. The van der Waals surface area contributed by atoms with E-state index in [0.29, 0.717) is 5.76 Å². The van der Waals surface area contributed by atoms with E-state index in [1.54, 1.807) is 20.8 Å². The lowest BCUT2D eigenvalue weighted by molar-refractivity contribution is -0.384. The fourth-order valence-corrected chi connectivity index (χ4v) is 2.04. The van der Waals surface area contributed by atoms with Gasteiger partial charge in [-0.05, 0) is 18.9 Å². The number of hydrogen-bond donors (Lipinski definition) is 1. The maximum absolute atomic E-state index is 12.3. The number of hydrogen-bond acceptors (Lipinski definition) is 7. The molecule has 0 aliphatic rings. The van der Waals surface area contributed by atoms with Crippen molar-refractivity contribution in [2.24, 2.45) is 5.92 Å². The Morgan fingerprint density at radius 1 is 1.32 bits per heavy atom. The number of ether oxygens (including phenoxy) is 1. The van der Waals surface area contributed by atoms with E-state index in [-0.39, 0.29) is 23.0 Å². The number of nitro groups is 1. The van der Waals surface area contributed by atoms with Crippen LogP contribution in [0.3, 0.4) is 0 Å². The molecule has 9 heteroatoms. The largest absolute Gasteiger partial charge is 0.448 e. The Bertz CT molecular complexity index is 799. The lowest BCUT2D eigenvalue weighted by Crippen LogP contribution is -2.36. The Hall–Kier alpha value is -3.23. The van der Waals surface area contributed by atoms with Crippen LogP contribution in [0.5, 0.6) is 0 Å². The second-order valence-corrected chi connectivity index (χ2v) is 5.69. The minimum Gasteiger partial charge on any atom is -0.448 e. The minimum atomic E-state index is -1.09. The maximum atomic E-state index is 12.3. The number of nitro benzene ring substituents is 1. The average molecular weight is 347 g/mol. The zero-order valence-electron chi connectivity index (χ0n) is 13.9. The highest BCUT2D eigenvalue weighted by Gasteiger charge is 2.28. The van der Waals surface area contributed by atoms with Gasteiger partial charge in [-0.1, -0.05) is 25.1 Å². The third kappa shape index (κ3) is 4.63. The number of nitrogens with zero attached hydrogens (tertiary/aromatic N) is 2. The molecule has 1 heterocycles. The number of anilines is 1. The van der Waals surface area contributed by atoms with Crippen molar-refractivity contribution in [2.45, 2.75) is 26.9 Å². The molecule has 0 radical (unpaired) electrons. The van der Waals surface area contributed by atoms with Gasteiger partial charge in [0.05, 0.1) is 10.5 Å². The molecule has 0 saturated carbocycles. The molecule has 1 aromatic carbocycles. The number of carbonyl (C=O) groups excluding carboxylic acids is 2. The molecular weight excluding hydrogens is 330 g/mol. The van der Waals surface area contributed by atoms with Crippen LogP contribution in [-0.2, 0) is 9.53 Å².